The molecule has 0 amide bonds. The molecule has 4 nitrogen and oxygen atoms in total. The molecule has 3 rings (SSSR count). The first-order valence-electron chi connectivity index (χ1n) is 6.69. The molecule has 2 aromatic rings. The summed E-state index contributed by atoms with van der Waals surface area (Å²) in [7, 11) is 0. The number of para-hydroxylation sites is 1. The smallest absolute Gasteiger partial charge is 0.304 e. The Kier molecular flexibility index (Phi) is 3.03. The molecule has 1 aliphatic heterocycles. The summed E-state index contributed by atoms with van der Waals surface area (Å²) < 4.78 is 0. The number of aromatic nitrogens is 1. The number of aliphatic carboxylic acids is 1. The third-order valence-corrected chi connectivity index (χ3v) is 4.00. The van der Waals surface area contributed by atoms with Crippen LogP contribution in [0.1, 0.15) is 24.6 Å². The maximum absolute atomic E-state index is 10.7. The SMILES string of the molecule is C[C@@H]1Cc2c([nH]c3ccccc23)CN1CCC(=O)O. The number of hydrogen-bond acceptors (Lipinski definition) is 2. The van der Waals surface area contributed by atoms with Crippen LogP contribution in [0.15, 0.2) is 24.3 Å². The van der Waals surface area contributed by atoms with Gasteiger partial charge in [0.25, 0.3) is 0 Å². The highest BCUT2D eigenvalue weighted by molar-refractivity contribution is 5.84. The van der Waals surface area contributed by atoms with Gasteiger partial charge in [0.05, 0.1) is 6.42 Å². The zero-order chi connectivity index (χ0) is 13.4. The summed E-state index contributed by atoms with van der Waals surface area (Å²) in [5, 5.41) is 10.1. The first kappa shape index (κ1) is 12.2. The van der Waals surface area contributed by atoms with Gasteiger partial charge in [-0.05, 0) is 25.0 Å². The Labute approximate surface area is 112 Å². The lowest BCUT2D eigenvalue weighted by molar-refractivity contribution is -0.137. The van der Waals surface area contributed by atoms with Gasteiger partial charge in [-0.1, -0.05) is 18.2 Å². The van der Waals surface area contributed by atoms with Crippen LogP contribution in [-0.2, 0) is 17.8 Å². The van der Waals surface area contributed by atoms with Gasteiger partial charge in [0.15, 0.2) is 0 Å². The summed E-state index contributed by atoms with van der Waals surface area (Å²) >= 11 is 0. The summed E-state index contributed by atoms with van der Waals surface area (Å²) in [5.74, 6) is -0.727. The number of nitrogens with zero attached hydrogens (tertiary/aromatic N) is 1. The molecule has 100 valence electrons. The standard InChI is InChI=1S/C15H18N2O2/c1-10-8-12-11-4-2-3-5-13(11)16-14(12)9-17(10)7-6-15(18)19/h2-5,10,16H,6-9H2,1H3,(H,18,19)/t10-/m1/s1. The van der Waals surface area contributed by atoms with Crippen molar-refractivity contribution < 1.29 is 9.90 Å². The van der Waals surface area contributed by atoms with E-state index in [1.54, 1.807) is 0 Å². The van der Waals surface area contributed by atoms with Crippen LogP contribution in [0.2, 0.25) is 0 Å². The average Bonchev–Trinajstić information content (AvgIpc) is 2.73. The second-order valence-corrected chi connectivity index (χ2v) is 5.30. The van der Waals surface area contributed by atoms with Crippen LogP contribution >= 0.6 is 0 Å². The number of carboxylic acid groups (broad SMARTS) is 1. The fourth-order valence-electron chi connectivity index (χ4n) is 2.95. The van der Waals surface area contributed by atoms with Crippen LogP contribution in [0.5, 0.6) is 0 Å². The predicted molar refractivity (Wildman–Crippen MR) is 74.1 cm³/mol. The molecule has 0 bridgehead atoms. The number of carbonyl (C=O) groups is 1. The molecule has 4 heteroatoms. The number of H-pyrrole nitrogens is 1. The quantitative estimate of drug-likeness (QED) is 0.888. The first-order valence-corrected chi connectivity index (χ1v) is 6.69. The zero-order valence-corrected chi connectivity index (χ0v) is 11.0. The lowest BCUT2D eigenvalue weighted by Gasteiger charge is -2.33. The fraction of sp³-hybridized carbons (Fsp3) is 0.400. The molecular formula is C15H18N2O2. The monoisotopic (exact) mass is 258 g/mol. The van der Waals surface area contributed by atoms with E-state index in [0.717, 1.165) is 13.0 Å². The minimum Gasteiger partial charge on any atom is -0.481 e. The van der Waals surface area contributed by atoms with Crippen LogP contribution < -0.4 is 0 Å². The molecule has 1 aromatic heterocycles. The van der Waals surface area contributed by atoms with Crippen molar-refractivity contribution >= 4 is 16.9 Å². The molecule has 2 N–H and O–H groups in total. The van der Waals surface area contributed by atoms with Crippen molar-refractivity contribution in [1.82, 2.24) is 9.88 Å². The van der Waals surface area contributed by atoms with Gasteiger partial charge in [-0.2, -0.15) is 0 Å². The lowest BCUT2D eigenvalue weighted by atomic mass is 9.97. The number of benzene rings is 1. The molecule has 2 heterocycles. The van der Waals surface area contributed by atoms with E-state index in [4.69, 9.17) is 5.11 Å². The van der Waals surface area contributed by atoms with Crippen molar-refractivity contribution in [1.29, 1.82) is 0 Å². The van der Waals surface area contributed by atoms with Crippen molar-refractivity contribution in [3.8, 4) is 0 Å². The van der Waals surface area contributed by atoms with Gasteiger partial charge in [-0.3, -0.25) is 9.69 Å². The molecule has 0 aliphatic carbocycles. The molecule has 0 saturated heterocycles. The topological polar surface area (TPSA) is 56.3 Å². The number of nitrogens with one attached hydrogen (secondary N) is 1. The highest BCUT2D eigenvalue weighted by Crippen LogP contribution is 2.29. The Morgan fingerprint density at radius 2 is 2.26 bits per heavy atom. The largest absolute Gasteiger partial charge is 0.481 e. The highest BCUT2D eigenvalue weighted by Gasteiger charge is 2.25. The van der Waals surface area contributed by atoms with Gasteiger partial charge >= 0.3 is 5.97 Å². The molecule has 0 spiro atoms. The van der Waals surface area contributed by atoms with E-state index < -0.39 is 5.97 Å². The maximum Gasteiger partial charge on any atom is 0.304 e. The van der Waals surface area contributed by atoms with Gasteiger partial charge in [0.1, 0.15) is 0 Å². The minimum atomic E-state index is -0.727. The number of fused-ring (bicyclic) bond motifs is 3. The molecule has 1 aliphatic rings. The van der Waals surface area contributed by atoms with Gasteiger partial charge < -0.3 is 10.1 Å². The van der Waals surface area contributed by atoms with Crippen LogP contribution in [0.25, 0.3) is 10.9 Å². The molecule has 0 unspecified atom stereocenters. The number of hydrogen-bond donors (Lipinski definition) is 2. The third kappa shape index (κ3) is 2.24. The zero-order valence-electron chi connectivity index (χ0n) is 11.0. The second-order valence-electron chi connectivity index (χ2n) is 5.30. The van der Waals surface area contributed by atoms with Crippen molar-refractivity contribution in [3.05, 3.63) is 35.5 Å². The highest BCUT2D eigenvalue weighted by atomic mass is 16.4. The average molecular weight is 258 g/mol. The van der Waals surface area contributed by atoms with Gasteiger partial charge in [-0.25, -0.2) is 0 Å². The van der Waals surface area contributed by atoms with Crippen LogP contribution in [0.3, 0.4) is 0 Å². The number of carboxylic acids is 1. The maximum atomic E-state index is 10.7. The normalized spacial score (nSPS) is 19.5. The summed E-state index contributed by atoms with van der Waals surface area (Å²) in [6.45, 7) is 3.61. The molecule has 0 fully saturated rings. The van der Waals surface area contributed by atoms with Crippen molar-refractivity contribution in [2.45, 2.75) is 32.4 Å². The Bertz CT molecular complexity index is 618. The fourth-order valence-corrected chi connectivity index (χ4v) is 2.95. The predicted octanol–water partition coefficient (Wildman–Crippen LogP) is 2.39. The summed E-state index contributed by atoms with van der Waals surface area (Å²) in [6.07, 6.45) is 1.19. The summed E-state index contributed by atoms with van der Waals surface area (Å²) in [6, 6.07) is 8.75. The minimum absolute atomic E-state index is 0.208. The summed E-state index contributed by atoms with van der Waals surface area (Å²) in [4.78, 5) is 16.4. The third-order valence-electron chi connectivity index (χ3n) is 4.00. The van der Waals surface area contributed by atoms with Gasteiger partial charge in [0, 0.05) is 35.7 Å². The van der Waals surface area contributed by atoms with Crippen molar-refractivity contribution in [2.24, 2.45) is 0 Å². The van der Waals surface area contributed by atoms with Crippen molar-refractivity contribution in [2.75, 3.05) is 6.54 Å². The van der Waals surface area contributed by atoms with Crippen molar-refractivity contribution in [3.63, 3.8) is 0 Å². The Morgan fingerprint density at radius 1 is 1.47 bits per heavy atom. The molecule has 0 radical (unpaired) electrons. The van der Waals surface area contributed by atoms with Crippen LogP contribution in [-0.4, -0.2) is 33.5 Å². The molecule has 1 atom stereocenters. The van der Waals surface area contributed by atoms with Crippen LogP contribution in [0.4, 0.5) is 0 Å². The van der Waals surface area contributed by atoms with E-state index in [9.17, 15) is 4.79 Å². The molecule has 19 heavy (non-hydrogen) atoms. The molecule has 0 saturated carbocycles. The van der Waals surface area contributed by atoms with E-state index >= 15 is 0 Å². The Morgan fingerprint density at radius 3 is 3.05 bits per heavy atom. The molecule has 1 aromatic carbocycles. The van der Waals surface area contributed by atoms with Crippen LogP contribution in [0, 0.1) is 0 Å². The van der Waals surface area contributed by atoms with E-state index in [1.165, 1.54) is 22.2 Å². The van der Waals surface area contributed by atoms with Gasteiger partial charge in [-0.15, -0.1) is 0 Å². The van der Waals surface area contributed by atoms with Gasteiger partial charge in [0.2, 0.25) is 0 Å². The lowest BCUT2D eigenvalue weighted by Crippen LogP contribution is -2.39. The Balaban J connectivity index is 1.88. The second kappa shape index (κ2) is 4.70. The van der Waals surface area contributed by atoms with E-state index in [0.29, 0.717) is 12.6 Å². The van der Waals surface area contributed by atoms with E-state index in [-0.39, 0.29) is 6.42 Å². The number of aromatic amines is 1. The molecular weight excluding hydrogens is 240 g/mol. The summed E-state index contributed by atoms with van der Waals surface area (Å²) in [5.41, 5.74) is 3.82. The number of rotatable bonds is 3. The van der Waals surface area contributed by atoms with E-state index in [1.807, 2.05) is 6.07 Å². The first-order chi connectivity index (χ1) is 9.15. The van der Waals surface area contributed by atoms with E-state index in [2.05, 4.69) is 35.0 Å². The Hall–Kier alpha value is -1.81.